The summed E-state index contributed by atoms with van der Waals surface area (Å²) in [6.45, 7) is 4.61. The Bertz CT molecular complexity index is 454. The summed E-state index contributed by atoms with van der Waals surface area (Å²) in [5.41, 5.74) is 0.801. The second-order valence-corrected chi connectivity index (χ2v) is 5.01. The van der Waals surface area contributed by atoms with E-state index in [0.717, 1.165) is 28.5 Å². The molecule has 0 radical (unpaired) electrons. The van der Waals surface area contributed by atoms with E-state index in [1.54, 1.807) is 6.07 Å². The standard InChI is InChI=1S/C12H17IN2O2/c1-3-5-10-9(13)7-8(12(17)15-10)11(16)14-6-4-2/h7H,3-6H2,1-2H3,(H,14,16)(H,15,17). The number of carbonyl (C=O) groups is 1. The number of aryl methyl sites for hydroxylation is 1. The smallest absolute Gasteiger partial charge is 0.261 e. The molecule has 5 heteroatoms. The number of pyridine rings is 1. The quantitative estimate of drug-likeness (QED) is 0.801. The highest BCUT2D eigenvalue weighted by molar-refractivity contribution is 14.1. The third-order valence-corrected chi connectivity index (χ3v) is 3.31. The Balaban J connectivity index is 2.99. The molecule has 0 spiro atoms. The van der Waals surface area contributed by atoms with Crippen LogP contribution in [0, 0.1) is 3.57 Å². The summed E-state index contributed by atoms with van der Waals surface area (Å²) in [6.07, 6.45) is 2.65. The summed E-state index contributed by atoms with van der Waals surface area (Å²) < 4.78 is 0.936. The van der Waals surface area contributed by atoms with Crippen LogP contribution in [0.4, 0.5) is 0 Å². The van der Waals surface area contributed by atoms with Crippen molar-refractivity contribution in [3.8, 4) is 0 Å². The van der Waals surface area contributed by atoms with Gasteiger partial charge in [0, 0.05) is 15.8 Å². The first-order valence-electron chi connectivity index (χ1n) is 5.80. The van der Waals surface area contributed by atoms with E-state index in [9.17, 15) is 9.59 Å². The van der Waals surface area contributed by atoms with Crippen LogP contribution < -0.4 is 10.9 Å². The zero-order valence-corrected chi connectivity index (χ0v) is 12.3. The van der Waals surface area contributed by atoms with Crippen LogP contribution >= 0.6 is 22.6 Å². The molecule has 0 aliphatic carbocycles. The maximum atomic E-state index is 11.8. The first-order valence-corrected chi connectivity index (χ1v) is 6.87. The van der Waals surface area contributed by atoms with Crippen molar-refractivity contribution in [3.63, 3.8) is 0 Å². The second kappa shape index (κ2) is 6.78. The number of carbonyl (C=O) groups excluding carboxylic acids is 1. The van der Waals surface area contributed by atoms with Crippen LogP contribution in [0.1, 0.15) is 42.7 Å². The number of aromatic nitrogens is 1. The molecule has 4 nitrogen and oxygen atoms in total. The van der Waals surface area contributed by atoms with E-state index in [2.05, 4.69) is 39.8 Å². The van der Waals surface area contributed by atoms with E-state index >= 15 is 0 Å². The first kappa shape index (κ1) is 14.2. The van der Waals surface area contributed by atoms with Gasteiger partial charge in [0.2, 0.25) is 0 Å². The van der Waals surface area contributed by atoms with E-state index in [-0.39, 0.29) is 17.0 Å². The maximum absolute atomic E-state index is 11.8. The monoisotopic (exact) mass is 348 g/mol. The van der Waals surface area contributed by atoms with Crippen molar-refractivity contribution in [2.24, 2.45) is 0 Å². The molecule has 0 fully saturated rings. The van der Waals surface area contributed by atoms with Crippen LogP contribution in [0.15, 0.2) is 10.9 Å². The largest absolute Gasteiger partial charge is 0.352 e. The van der Waals surface area contributed by atoms with Gasteiger partial charge < -0.3 is 10.3 Å². The fourth-order valence-electron chi connectivity index (χ4n) is 1.48. The average Bonchev–Trinajstić information content (AvgIpc) is 2.30. The van der Waals surface area contributed by atoms with Gasteiger partial charge in [-0.15, -0.1) is 0 Å². The van der Waals surface area contributed by atoms with E-state index in [1.165, 1.54) is 0 Å². The van der Waals surface area contributed by atoms with Crippen LogP contribution in [0.25, 0.3) is 0 Å². The van der Waals surface area contributed by atoms with Crippen LogP contribution in [0.3, 0.4) is 0 Å². The van der Waals surface area contributed by atoms with E-state index in [4.69, 9.17) is 0 Å². The Morgan fingerprint density at radius 3 is 2.71 bits per heavy atom. The lowest BCUT2D eigenvalue weighted by atomic mass is 10.2. The highest BCUT2D eigenvalue weighted by atomic mass is 127. The lowest BCUT2D eigenvalue weighted by molar-refractivity contribution is 0.0952. The van der Waals surface area contributed by atoms with Crippen molar-refractivity contribution in [1.82, 2.24) is 10.3 Å². The maximum Gasteiger partial charge on any atom is 0.261 e. The third kappa shape index (κ3) is 3.83. The molecule has 17 heavy (non-hydrogen) atoms. The number of H-pyrrole nitrogens is 1. The first-order chi connectivity index (χ1) is 8.10. The number of halogens is 1. The lowest BCUT2D eigenvalue weighted by Crippen LogP contribution is -2.30. The van der Waals surface area contributed by atoms with Crippen molar-refractivity contribution in [3.05, 3.63) is 31.2 Å². The minimum atomic E-state index is -0.303. The minimum Gasteiger partial charge on any atom is -0.352 e. The molecule has 0 aromatic carbocycles. The van der Waals surface area contributed by atoms with Gasteiger partial charge in [-0.1, -0.05) is 20.3 Å². The molecule has 0 aliphatic rings. The molecule has 0 atom stereocenters. The number of hydrogen-bond donors (Lipinski definition) is 2. The van der Waals surface area contributed by atoms with E-state index < -0.39 is 0 Å². The number of nitrogens with one attached hydrogen (secondary N) is 2. The topological polar surface area (TPSA) is 62.0 Å². The summed E-state index contributed by atoms with van der Waals surface area (Å²) in [4.78, 5) is 26.2. The Hall–Kier alpha value is -0.850. The van der Waals surface area contributed by atoms with Crippen molar-refractivity contribution in [2.75, 3.05) is 6.54 Å². The number of amides is 1. The van der Waals surface area contributed by atoms with Gasteiger partial charge in [0.25, 0.3) is 11.5 Å². The molecule has 0 saturated heterocycles. The molecule has 2 N–H and O–H groups in total. The average molecular weight is 348 g/mol. The van der Waals surface area contributed by atoms with Crippen molar-refractivity contribution in [1.29, 1.82) is 0 Å². The summed E-state index contributed by atoms with van der Waals surface area (Å²) in [5, 5.41) is 2.71. The zero-order valence-electron chi connectivity index (χ0n) is 10.1. The van der Waals surface area contributed by atoms with Crippen LogP contribution in [0.2, 0.25) is 0 Å². The summed E-state index contributed by atoms with van der Waals surface area (Å²) in [5.74, 6) is -0.297. The third-order valence-electron chi connectivity index (χ3n) is 2.35. The van der Waals surface area contributed by atoms with Crippen molar-refractivity contribution < 1.29 is 4.79 Å². The summed E-state index contributed by atoms with van der Waals surface area (Å²) in [7, 11) is 0. The van der Waals surface area contributed by atoms with Crippen LogP contribution in [-0.4, -0.2) is 17.4 Å². The van der Waals surface area contributed by atoms with E-state index in [0.29, 0.717) is 6.54 Å². The fraction of sp³-hybridized carbons (Fsp3) is 0.500. The molecule has 0 aliphatic heterocycles. The van der Waals surface area contributed by atoms with Crippen molar-refractivity contribution >= 4 is 28.5 Å². The lowest BCUT2D eigenvalue weighted by Gasteiger charge is -2.06. The predicted octanol–water partition coefficient (Wildman–Crippen LogP) is 2.07. The molecule has 1 amide bonds. The summed E-state index contributed by atoms with van der Waals surface area (Å²) >= 11 is 2.15. The zero-order chi connectivity index (χ0) is 12.8. The van der Waals surface area contributed by atoms with Gasteiger partial charge in [0.15, 0.2) is 0 Å². The number of aromatic amines is 1. The van der Waals surface area contributed by atoms with Gasteiger partial charge in [-0.2, -0.15) is 0 Å². The Kier molecular flexibility index (Phi) is 5.67. The minimum absolute atomic E-state index is 0.197. The molecular weight excluding hydrogens is 331 g/mol. The Morgan fingerprint density at radius 2 is 2.12 bits per heavy atom. The van der Waals surface area contributed by atoms with Gasteiger partial charge in [-0.3, -0.25) is 9.59 Å². The van der Waals surface area contributed by atoms with Crippen LogP contribution in [0.5, 0.6) is 0 Å². The molecule has 1 rings (SSSR count). The molecule has 1 aromatic heterocycles. The normalized spacial score (nSPS) is 10.3. The molecule has 0 bridgehead atoms. The van der Waals surface area contributed by atoms with Gasteiger partial charge in [-0.25, -0.2) is 0 Å². The second-order valence-electron chi connectivity index (χ2n) is 3.84. The molecule has 0 unspecified atom stereocenters. The van der Waals surface area contributed by atoms with Crippen molar-refractivity contribution in [2.45, 2.75) is 33.1 Å². The molecule has 1 aromatic rings. The Labute approximate surface area is 114 Å². The summed E-state index contributed by atoms with van der Waals surface area (Å²) in [6, 6.07) is 1.66. The SMILES string of the molecule is CCCNC(=O)c1cc(I)c(CCC)[nH]c1=O. The number of hydrogen-bond acceptors (Lipinski definition) is 2. The van der Waals surface area contributed by atoms with Gasteiger partial charge in [0.1, 0.15) is 5.56 Å². The molecular formula is C12H17IN2O2. The van der Waals surface area contributed by atoms with E-state index in [1.807, 2.05) is 6.92 Å². The fourth-order valence-corrected chi connectivity index (χ4v) is 2.19. The number of rotatable bonds is 5. The highest BCUT2D eigenvalue weighted by Gasteiger charge is 2.12. The van der Waals surface area contributed by atoms with Gasteiger partial charge >= 0.3 is 0 Å². The highest BCUT2D eigenvalue weighted by Crippen LogP contribution is 2.11. The molecule has 1 heterocycles. The van der Waals surface area contributed by atoms with Gasteiger partial charge in [-0.05, 0) is 41.5 Å². The molecule has 0 saturated carbocycles. The van der Waals surface area contributed by atoms with Crippen LogP contribution in [-0.2, 0) is 6.42 Å². The molecule has 94 valence electrons. The Morgan fingerprint density at radius 1 is 1.41 bits per heavy atom. The van der Waals surface area contributed by atoms with Gasteiger partial charge in [0.05, 0.1) is 0 Å². The predicted molar refractivity (Wildman–Crippen MR) is 76.4 cm³/mol.